The molecular formula is C12H16ClNO3. The SMILES string of the molecule is CCOc1ccc(CNC(=O)CCl)cc1OC. The van der Waals surface area contributed by atoms with E-state index in [9.17, 15) is 4.79 Å². The van der Waals surface area contributed by atoms with E-state index in [0.717, 1.165) is 5.56 Å². The fourth-order valence-corrected chi connectivity index (χ4v) is 1.44. The molecule has 94 valence electrons. The second-order valence-corrected chi connectivity index (χ2v) is 3.60. The third kappa shape index (κ3) is 4.15. The monoisotopic (exact) mass is 257 g/mol. The Morgan fingerprint density at radius 3 is 2.76 bits per heavy atom. The van der Waals surface area contributed by atoms with Gasteiger partial charge in [-0.15, -0.1) is 11.6 Å². The van der Waals surface area contributed by atoms with Crippen LogP contribution in [0.15, 0.2) is 18.2 Å². The van der Waals surface area contributed by atoms with Gasteiger partial charge in [-0.05, 0) is 24.6 Å². The summed E-state index contributed by atoms with van der Waals surface area (Å²) in [6.45, 7) is 2.92. The Labute approximate surface area is 106 Å². The zero-order valence-corrected chi connectivity index (χ0v) is 10.7. The van der Waals surface area contributed by atoms with Gasteiger partial charge in [0, 0.05) is 6.54 Å². The van der Waals surface area contributed by atoms with Crippen molar-refractivity contribution < 1.29 is 14.3 Å². The number of halogens is 1. The minimum Gasteiger partial charge on any atom is -0.493 e. The van der Waals surface area contributed by atoms with Crippen molar-refractivity contribution in [3.05, 3.63) is 23.8 Å². The molecule has 1 aromatic carbocycles. The number of benzene rings is 1. The molecule has 4 nitrogen and oxygen atoms in total. The molecule has 5 heteroatoms. The molecule has 0 saturated heterocycles. The van der Waals surface area contributed by atoms with Gasteiger partial charge in [0.1, 0.15) is 5.88 Å². The molecule has 0 atom stereocenters. The number of rotatable bonds is 6. The van der Waals surface area contributed by atoms with Crippen molar-refractivity contribution >= 4 is 17.5 Å². The molecule has 0 aromatic heterocycles. The Kier molecular flexibility index (Phi) is 5.63. The first-order valence-electron chi connectivity index (χ1n) is 5.33. The normalized spacial score (nSPS) is 9.82. The molecule has 0 saturated carbocycles. The summed E-state index contributed by atoms with van der Waals surface area (Å²) in [5, 5.41) is 2.68. The predicted octanol–water partition coefficient (Wildman–Crippen LogP) is 1.95. The van der Waals surface area contributed by atoms with Crippen molar-refractivity contribution in [1.29, 1.82) is 0 Å². The predicted molar refractivity (Wildman–Crippen MR) is 66.7 cm³/mol. The van der Waals surface area contributed by atoms with Crippen molar-refractivity contribution in [1.82, 2.24) is 5.32 Å². The van der Waals surface area contributed by atoms with Crippen LogP contribution >= 0.6 is 11.6 Å². The Hall–Kier alpha value is -1.42. The molecule has 17 heavy (non-hydrogen) atoms. The van der Waals surface area contributed by atoms with Gasteiger partial charge in [0.15, 0.2) is 11.5 Å². The summed E-state index contributed by atoms with van der Waals surface area (Å²) in [5.74, 6) is 1.13. The van der Waals surface area contributed by atoms with E-state index in [4.69, 9.17) is 21.1 Å². The summed E-state index contributed by atoms with van der Waals surface area (Å²) in [4.78, 5) is 11.0. The third-order valence-corrected chi connectivity index (χ3v) is 2.38. The van der Waals surface area contributed by atoms with Crippen LogP contribution in [0.2, 0.25) is 0 Å². The van der Waals surface area contributed by atoms with Crippen molar-refractivity contribution in [2.24, 2.45) is 0 Å². The maximum atomic E-state index is 11.0. The molecule has 1 rings (SSSR count). The fourth-order valence-electron chi connectivity index (χ4n) is 1.34. The van der Waals surface area contributed by atoms with Crippen LogP contribution in [-0.4, -0.2) is 25.5 Å². The highest BCUT2D eigenvalue weighted by molar-refractivity contribution is 6.27. The Morgan fingerprint density at radius 1 is 1.41 bits per heavy atom. The zero-order valence-electron chi connectivity index (χ0n) is 9.96. The quantitative estimate of drug-likeness (QED) is 0.793. The summed E-state index contributed by atoms with van der Waals surface area (Å²) >= 11 is 5.39. The molecule has 0 heterocycles. The van der Waals surface area contributed by atoms with Crippen LogP contribution in [0.4, 0.5) is 0 Å². The number of hydrogen-bond donors (Lipinski definition) is 1. The molecule has 0 aliphatic heterocycles. The van der Waals surface area contributed by atoms with Gasteiger partial charge in [0.25, 0.3) is 0 Å². The molecule has 0 fully saturated rings. The maximum absolute atomic E-state index is 11.0. The molecule has 0 radical (unpaired) electrons. The zero-order chi connectivity index (χ0) is 12.7. The Bertz CT molecular complexity index is 382. The Morgan fingerprint density at radius 2 is 2.18 bits per heavy atom. The van der Waals surface area contributed by atoms with Crippen LogP contribution in [0, 0.1) is 0 Å². The molecule has 1 amide bonds. The maximum Gasteiger partial charge on any atom is 0.235 e. The van der Waals surface area contributed by atoms with E-state index in [1.54, 1.807) is 7.11 Å². The van der Waals surface area contributed by atoms with Crippen molar-refractivity contribution in [3.63, 3.8) is 0 Å². The lowest BCUT2D eigenvalue weighted by Crippen LogP contribution is -2.23. The molecule has 1 aromatic rings. The molecule has 0 aliphatic rings. The van der Waals surface area contributed by atoms with E-state index in [1.807, 2.05) is 25.1 Å². The summed E-state index contributed by atoms with van der Waals surface area (Å²) in [6.07, 6.45) is 0. The molecule has 0 unspecified atom stereocenters. The van der Waals surface area contributed by atoms with Crippen LogP contribution in [0.5, 0.6) is 11.5 Å². The standard InChI is InChI=1S/C12H16ClNO3/c1-3-17-10-5-4-9(6-11(10)16-2)8-14-12(15)7-13/h4-6H,3,7-8H2,1-2H3,(H,14,15). The number of hydrogen-bond acceptors (Lipinski definition) is 3. The minimum absolute atomic E-state index is 0.0336. The molecule has 0 aliphatic carbocycles. The third-order valence-electron chi connectivity index (χ3n) is 2.14. The first-order valence-corrected chi connectivity index (χ1v) is 5.87. The van der Waals surface area contributed by atoms with Crippen LogP contribution in [0.25, 0.3) is 0 Å². The highest BCUT2D eigenvalue weighted by Crippen LogP contribution is 2.27. The highest BCUT2D eigenvalue weighted by atomic mass is 35.5. The van der Waals surface area contributed by atoms with E-state index in [2.05, 4.69) is 5.32 Å². The fraction of sp³-hybridized carbons (Fsp3) is 0.417. The smallest absolute Gasteiger partial charge is 0.235 e. The molecule has 0 bridgehead atoms. The number of ether oxygens (including phenoxy) is 2. The number of methoxy groups -OCH3 is 1. The second kappa shape index (κ2) is 7.01. The minimum atomic E-state index is -0.195. The number of carbonyl (C=O) groups is 1. The first-order chi connectivity index (χ1) is 8.21. The van der Waals surface area contributed by atoms with Crippen molar-refractivity contribution in [2.45, 2.75) is 13.5 Å². The summed E-state index contributed by atoms with van der Waals surface area (Å²) < 4.78 is 10.6. The molecule has 1 N–H and O–H groups in total. The van der Waals surface area contributed by atoms with Crippen LogP contribution in [0.1, 0.15) is 12.5 Å². The number of carbonyl (C=O) groups excluding carboxylic acids is 1. The average molecular weight is 258 g/mol. The van der Waals surface area contributed by atoms with E-state index in [-0.39, 0.29) is 11.8 Å². The second-order valence-electron chi connectivity index (χ2n) is 3.33. The lowest BCUT2D eigenvalue weighted by molar-refractivity contribution is -0.118. The van der Waals surface area contributed by atoms with Gasteiger partial charge >= 0.3 is 0 Å². The van der Waals surface area contributed by atoms with E-state index in [1.165, 1.54) is 0 Å². The van der Waals surface area contributed by atoms with Gasteiger partial charge in [0.2, 0.25) is 5.91 Å². The number of alkyl halides is 1. The summed E-state index contributed by atoms with van der Waals surface area (Å²) in [7, 11) is 1.58. The summed E-state index contributed by atoms with van der Waals surface area (Å²) in [5.41, 5.74) is 0.934. The van der Waals surface area contributed by atoms with Gasteiger partial charge in [-0.3, -0.25) is 4.79 Å². The van der Waals surface area contributed by atoms with Gasteiger partial charge in [0.05, 0.1) is 13.7 Å². The van der Waals surface area contributed by atoms with Gasteiger partial charge in [-0.2, -0.15) is 0 Å². The van der Waals surface area contributed by atoms with Gasteiger partial charge in [-0.25, -0.2) is 0 Å². The molecular weight excluding hydrogens is 242 g/mol. The lowest BCUT2D eigenvalue weighted by atomic mass is 10.2. The van der Waals surface area contributed by atoms with Crippen LogP contribution in [-0.2, 0) is 11.3 Å². The van der Waals surface area contributed by atoms with Gasteiger partial charge in [-0.1, -0.05) is 6.07 Å². The number of amides is 1. The van der Waals surface area contributed by atoms with Crippen molar-refractivity contribution in [3.8, 4) is 11.5 Å². The first kappa shape index (κ1) is 13.6. The van der Waals surface area contributed by atoms with Crippen LogP contribution < -0.4 is 14.8 Å². The number of nitrogens with one attached hydrogen (secondary N) is 1. The van der Waals surface area contributed by atoms with Crippen LogP contribution in [0.3, 0.4) is 0 Å². The highest BCUT2D eigenvalue weighted by Gasteiger charge is 2.06. The lowest BCUT2D eigenvalue weighted by Gasteiger charge is -2.11. The summed E-state index contributed by atoms with van der Waals surface area (Å²) in [6, 6.07) is 5.53. The van der Waals surface area contributed by atoms with Crippen molar-refractivity contribution in [2.75, 3.05) is 19.6 Å². The average Bonchev–Trinajstić information content (AvgIpc) is 2.37. The topological polar surface area (TPSA) is 47.6 Å². The van der Waals surface area contributed by atoms with E-state index >= 15 is 0 Å². The van der Waals surface area contributed by atoms with E-state index < -0.39 is 0 Å². The largest absolute Gasteiger partial charge is 0.493 e. The Balaban J connectivity index is 2.71. The molecule has 0 spiro atoms. The van der Waals surface area contributed by atoms with E-state index in [0.29, 0.717) is 24.7 Å². The van der Waals surface area contributed by atoms with Gasteiger partial charge < -0.3 is 14.8 Å².